The number of rotatable bonds is 1. The van der Waals surface area contributed by atoms with Crippen LogP contribution in [0.2, 0.25) is 0 Å². The van der Waals surface area contributed by atoms with Crippen LogP contribution in [-0.2, 0) is 5.41 Å². The van der Waals surface area contributed by atoms with Gasteiger partial charge in [0.05, 0.1) is 11.4 Å². The Labute approximate surface area is 115 Å². The summed E-state index contributed by atoms with van der Waals surface area (Å²) >= 11 is 0. The third-order valence-electron chi connectivity index (χ3n) is 3.24. The van der Waals surface area contributed by atoms with E-state index in [4.69, 9.17) is 5.73 Å². The lowest BCUT2D eigenvalue weighted by atomic mass is 9.89. The second-order valence-corrected chi connectivity index (χ2v) is 6.00. The maximum atomic E-state index is 13.0. The molecule has 2 aromatic rings. The third kappa shape index (κ3) is 2.40. The Kier molecular flexibility index (Phi) is 3.32. The molecule has 20 heavy (non-hydrogen) atoms. The van der Waals surface area contributed by atoms with E-state index in [2.05, 4.69) is 4.98 Å². The second kappa shape index (κ2) is 4.48. The quantitative estimate of drug-likeness (QED) is 0.871. The van der Waals surface area contributed by atoms with Gasteiger partial charge in [0, 0.05) is 11.6 Å². The van der Waals surface area contributed by atoms with Crippen LogP contribution in [0.3, 0.4) is 0 Å². The van der Waals surface area contributed by atoms with Gasteiger partial charge in [-0.3, -0.25) is 0 Å². The van der Waals surface area contributed by atoms with Crippen LogP contribution in [0.15, 0.2) is 18.3 Å². The van der Waals surface area contributed by atoms with Crippen molar-refractivity contribution < 1.29 is 13.2 Å². The van der Waals surface area contributed by atoms with Crippen molar-refractivity contribution in [3.05, 3.63) is 35.3 Å². The fourth-order valence-corrected chi connectivity index (χ4v) is 2.23. The second-order valence-electron chi connectivity index (χ2n) is 6.00. The zero-order valence-electron chi connectivity index (χ0n) is 11.9. The smallest absolute Gasteiger partial charge is 0.315 e. The van der Waals surface area contributed by atoms with Crippen LogP contribution in [-0.4, -0.2) is 15.6 Å². The third-order valence-corrected chi connectivity index (χ3v) is 3.24. The number of aromatic nitrogens is 2. The van der Waals surface area contributed by atoms with E-state index in [1.165, 1.54) is 4.40 Å². The van der Waals surface area contributed by atoms with Gasteiger partial charge in [-0.2, -0.15) is 13.2 Å². The molecule has 0 radical (unpaired) electrons. The van der Waals surface area contributed by atoms with Crippen LogP contribution in [0, 0.1) is 6.92 Å². The van der Waals surface area contributed by atoms with Crippen molar-refractivity contribution in [3.8, 4) is 0 Å². The molecule has 0 aliphatic carbocycles. The van der Waals surface area contributed by atoms with E-state index in [1.807, 2.05) is 33.8 Å². The molecule has 3 nitrogen and oxygen atoms in total. The first-order valence-corrected chi connectivity index (χ1v) is 6.34. The zero-order chi connectivity index (χ0) is 15.3. The summed E-state index contributed by atoms with van der Waals surface area (Å²) in [5, 5.41) is 0. The van der Waals surface area contributed by atoms with E-state index in [9.17, 15) is 13.2 Å². The Morgan fingerprint density at radius 2 is 1.85 bits per heavy atom. The number of alkyl halides is 3. The molecule has 110 valence electrons. The van der Waals surface area contributed by atoms with E-state index in [0.717, 1.165) is 5.56 Å². The van der Waals surface area contributed by atoms with Gasteiger partial charge in [-0.25, -0.2) is 4.98 Å². The van der Waals surface area contributed by atoms with Gasteiger partial charge in [-0.1, -0.05) is 26.8 Å². The fraction of sp³-hybridized carbons (Fsp3) is 0.500. The lowest BCUT2D eigenvalue weighted by Crippen LogP contribution is -2.32. The van der Waals surface area contributed by atoms with Crippen LogP contribution in [0.4, 0.5) is 13.2 Å². The summed E-state index contributed by atoms with van der Waals surface area (Å²) in [6.07, 6.45) is -2.93. The maximum absolute atomic E-state index is 13.0. The molecule has 0 aromatic carbocycles. The number of imidazole rings is 1. The number of hydrogen-bond donors (Lipinski definition) is 1. The lowest BCUT2D eigenvalue weighted by Gasteiger charge is -2.22. The number of hydrogen-bond acceptors (Lipinski definition) is 2. The number of nitrogens with two attached hydrogens (primary N) is 1. The topological polar surface area (TPSA) is 43.3 Å². The number of halogens is 3. The van der Waals surface area contributed by atoms with Gasteiger partial charge in [0.2, 0.25) is 0 Å². The van der Waals surface area contributed by atoms with E-state index >= 15 is 0 Å². The van der Waals surface area contributed by atoms with Crippen molar-refractivity contribution in [1.29, 1.82) is 0 Å². The Hall–Kier alpha value is -1.56. The molecule has 1 unspecified atom stereocenters. The minimum Gasteiger partial charge on any atom is -0.315 e. The normalized spacial score (nSPS) is 14.8. The highest BCUT2D eigenvalue weighted by Gasteiger charge is 2.42. The predicted molar refractivity (Wildman–Crippen MR) is 71.6 cm³/mol. The number of nitrogens with zero attached hydrogens (tertiary/aromatic N) is 2. The Balaban J connectivity index is 2.82. The maximum Gasteiger partial charge on any atom is 0.409 e. The Morgan fingerprint density at radius 3 is 2.35 bits per heavy atom. The number of aryl methyl sites for hydroxylation is 1. The summed E-state index contributed by atoms with van der Waals surface area (Å²) in [6, 6.07) is 1.47. The largest absolute Gasteiger partial charge is 0.409 e. The van der Waals surface area contributed by atoms with E-state index in [1.54, 1.807) is 12.3 Å². The summed E-state index contributed by atoms with van der Waals surface area (Å²) in [7, 11) is 0. The van der Waals surface area contributed by atoms with Crippen LogP contribution in [0.25, 0.3) is 5.65 Å². The molecule has 0 spiro atoms. The van der Waals surface area contributed by atoms with Crippen molar-refractivity contribution >= 4 is 5.65 Å². The minimum absolute atomic E-state index is 0.0173. The molecule has 1 atom stereocenters. The number of fused-ring (bicyclic) bond motifs is 1. The van der Waals surface area contributed by atoms with Crippen molar-refractivity contribution in [2.45, 2.75) is 45.3 Å². The molecule has 0 fully saturated rings. The fourth-order valence-electron chi connectivity index (χ4n) is 2.23. The predicted octanol–water partition coefficient (Wildman–Crippen LogP) is 3.50. The average Bonchev–Trinajstić information content (AvgIpc) is 2.67. The van der Waals surface area contributed by atoms with Crippen LogP contribution in [0.5, 0.6) is 0 Å². The highest BCUT2D eigenvalue weighted by molar-refractivity contribution is 5.52. The summed E-state index contributed by atoms with van der Waals surface area (Å²) in [4.78, 5) is 4.40. The first-order valence-electron chi connectivity index (χ1n) is 6.34. The van der Waals surface area contributed by atoms with Gasteiger partial charge in [0.15, 0.2) is 0 Å². The van der Waals surface area contributed by atoms with E-state index < -0.39 is 17.6 Å². The SMILES string of the molecule is Cc1cccn2c(C(N)C(F)(F)F)c(C(C)(C)C)nc12. The summed E-state index contributed by atoms with van der Waals surface area (Å²) in [5.41, 5.74) is 6.67. The van der Waals surface area contributed by atoms with Gasteiger partial charge in [0.1, 0.15) is 11.7 Å². The first-order chi connectivity index (χ1) is 9.03. The Morgan fingerprint density at radius 1 is 1.25 bits per heavy atom. The van der Waals surface area contributed by atoms with Gasteiger partial charge < -0.3 is 10.1 Å². The molecule has 0 saturated heterocycles. The molecule has 0 aliphatic heterocycles. The van der Waals surface area contributed by atoms with Gasteiger partial charge >= 0.3 is 6.18 Å². The van der Waals surface area contributed by atoms with E-state index in [0.29, 0.717) is 11.3 Å². The molecule has 2 N–H and O–H groups in total. The molecule has 0 amide bonds. The molecule has 2 heterocycles. The van der Waals surface area contributed by atoms with Crippen LogP contribution < -0.4 is 5.73 Å². The minimum atomic E-state index is -4.50. The van der Waals surface area contributed by atoms with Crippen LogP contribution in [0.1, 0.15) is 43.8 Å². The Bertz CT molecular complexity index is 635. The molecular weight excluding hydrogens is 267 g/mol. The van der Waals surface area contributed by atoms with Crippen molar-refractivity contribution in [2.75, 3.05) is 0 Å². The monoisotopic (exact) mass is 285 g/mol. The summed E-state index contributed by atoms with van der Waals surface area (Å²) < 4.78 is 40.6. The van der Waals surface area contributed by atoms with Crippen molar-refractivity contribution in [2.24, 2.45) is 5.73 Å². The average molecular weight is 285 g/mol. The van der Waals surface area contributed by atoms with Gasteiger partial charge in [0.25, 0.3) is 0 Å². The van der Waals surface area contributed by atoms with Crippen molar-refractivity contribution in [3.63, 3.8) is 0 Å². The van der Waals surface area contributed by atoms with Gasteiger partial charge in [-0.15, -0.1) is 0 Å². The molecule has 2 rings (SSSR count). The summed E-state index contributed by atoms with van der Waals surface area (Å²) in [6.45, 7) is 7.31. The standard InChI is InChI=1S/C14H18F3N3/c1-8-6-5-7-20-9(10(18)14(15,16)17)11(13(2,3)4)19-12(8)20/h5-7,10H,18H2,1-4H3. The van der Waals surface area contributed by atoms with E-state index in [-0.39, 0.29) is 5.69 Å². The lowest BCUT2D eigenvalue weighted by molar-refractivity contribution is -0.150. The molecule has 6 heteroatoms. The summed E-state index contributed by atoms with van der Waals surface area (Å²) in [5.74, 6) is 0. The highest BCUT2D eigenvalue weighted by Crippen LogP contribution is 2.37. The first kappa shape index (κ1) is 14.8. The highest BCUT2D eigenvalue weighted by atomic mass is 19.4. The van der Waals surface area contributed by atoms with Crippen molar-refractivity contribution in [1.82, 2.24) is 9.38 Å². The molecule has 0 aliphatic rings. The molecule has 0 saturated carbocycles. The molecule has 0 bridgehead atoms. The molecular formula is C14H18F3N3. The zero-order valence-corrected chi connectivity index (χ0v) is 11.9. The molecule has 2 aromatic heterocycles. The van der Waals surface area contributed by atoms with Crippen LogP contribution >= 0.6 is 0 Å². The number of pyridine rings is 1. The van der Waals surface area contributed by atoms with Gasteiger partial charge in [-0.05, 0) is 18.6 Å².